The molecule has 0 aromatic heterocycles. The van der Waals surface area contributed by atoms with Crippen LogP contribution in [0.2, 0.25) is 0 Å². The van der Waals surface area contributed by atoms with Crippen LogP contribution < -0.4 is 18.9 Å². The van der Waals surface area contributed by atoms with Gasteiger partial charge in [-0.15, -0.1) is 0 Å². The molecule has 29 heavy (non-hydrogen) atoms. The maximum Gasteiger partial charge on any atom is 0.257 e. The van der Waals surface area contributed by atoms with Gasteiger partial charge in [-0.25, -0.2) is 0 Å². The van der Waals surface area contributed by atoms with Crippen LogP contribution in [0, 0.1) is 0 Å². The summed E-state index contributed by atoms with van der Waals surface area (Å²) in [5, 5.41) is 4.20. The van der Waals surface area contributed by atoms with Crippen molar-refractivity contribution in [3.05, 3.63) is 47.5 Å². The van der Waals surface area contributed by atoms with Crippen molar-refractivity contribution in [2.45, 2.75) is 12.5 Å². The van der Waals surface area contributed by atoms with Crippen molar-refractivity contribution in [3.63, 3.8) is 0 Å². The van der Waals surface area contributed by atoms with Crippen LogP contribution in [0.4, 0.5) is 0 Å². The van der Waals surface area contributed by atoms with E-state index in [4.69, 9.17) is 23.8 Å². The lowest BCUT2D eigenvalue weighted by Crippen LogP contribution is -2.34. The van der Waals surface area contributed by atoms with E-state index in [1.165, 1.54) is 7.11 Å². The monoisotopic (exact) mass is 398 g/mol. The minimum Gasteiger partial charge on any atom is -0.497 e. The third-order valence-corrected chi connectivity index (χ3v) is 4.90. The molecule has 0 aliphatic carbocycles. The third-order valence-electron chi connectivity index (χ3n) is 4.90. The Morgan fingerprint density at radius 3 is 2.76 bits per heavy atom. The van der Waals surface area contributed by atoms with E-state index >= 15 is 0 Å². The van der Waals surface area contributed by atoms with Gasteiger partial charge in [0.05, 0.1) is 32.0 Å². The fourth-order valence-electron chi connectivity index (χ4n) is 3.34. The number of fused-ring (bicyclic) bond motifs is 1. The highest BCUT2D eigenvalue weighted by molar-refractivity contribution is 6.02. The number of oxime groups is 1. The second kappa shape index (κ2) is 7.90. The highest BCUT2D eigenvalue weighted by atomic mass is 16.7. The molecular weight excluding hydrogens is 376 g/mol. The van der Waals surface area contributed by atoms with E-state index in [1.54, 1.807) is 37.3 Å². The van der Waals surface area contributed by atoms with E-state index in [0.717, 1.165) is 17.0 Å². The van der Waals surface area contributed by atoms with Crippen LogP contribution >= 0.6 is 0 Å². The Balaban J connectivity index is 1.40. The molecule has 2 aliphatic rings. The lowest BCUT2D eigenvalue weighted by Gasteiger charge is -2.21. The van der Waals surface area contributed by atoms with E-state index in [0.29, 0.717) is 35.8 Å². The van der Waals surface area contributed by atoms with E-state index in [1.807, 2.05) is 18.2 Å². The Hall–Kier alpha value is -3.42. The topological polar surface area (TPSA) is 78.8 Å². The van der Waals surface area contributed by atoms with Crippen molar-refractivity contribution < 1.29 is 28.6 Å². The summed E-state index contributed by atoms with van der Waals surface area (Å²) >= 11 is 0. The fraction of sp³-hybridized carbons (Fsp3) is 0.333. The molecule has 0 radical (unpaired) electrons. The molecule has 8 nitrogen and oxygen atoms in total. The van der Waals surface area contributed by atoms with Crippen molar-refractivity contribution in [1.82, 2.24) is 4.90 Å². The smallest absolute Gasteiger partial charge is 0.257 e. The van der Waals surface area contributed by atoms with Crippen LogP contribution in [0.3, 0.4) is 0 Å². The van der Waals surface area contributed by atoms with Gasteiger partial charge < -0.3 is 28.7 Å². The van der Waals surface area contributed by atoms with Crippen molar-refractivity contribution >= 4 is 11.6 Å². The molecular formula is C21H22N2O6. The number of hydrogen-bond donors (Lipinski definition) is 0. The number of rotatable bonds is 6. The molecule has 2 heterocycles. The molecule has 2 aromatic carbocycles. The molecule has 0 fully saturated rings. The molecule has 1 unspecified atom stereocenters. The minimum absolute atomic E-state index is 0.162. The highest BCUT2D eigenvalue weighted by Gasteiger charge is 2.27. The predicted molar refractivity (Wildman–Crippen MR) is 105 cm³/mol. The Morgan fingerprint density at radius 2 is 1.97 bits per heavy atom. The summed E-state index contributed by atoms with van der Waals surface area (Å²) in [7, 11) is 4.82. The number of ether oxygens (including phenoxy) is 4. The second-order valence-electron chi connectivity index (χ2n) is 6.79. The number of amides is 1. The highest BCUT2D eigenvalue weighted by Crippen LogP contribution is 2.34. The largest absolute Gasteiger partial charge is 0.497 e. The summed E-state index contributed by atoms with van der Waals surface area (Å²) in [6, 6.07) is 10.8. The average Bonchev–Trinajstić information content (AvgIpc) is 3.41. The normalized spacial score (nSPS) is 16.8. The standard InChI is InChI=1S/C21H22N2O6/c1-23(21(24)16-6-5-14(25-2)10-19(16)26-3)11-15-9-17(22-29-15)13-4-7-18-20(8-13)28-12-27-18/h4-8,10,15H,9,11-12H2,1-3H3. The molecule has 2 aromatic rings. The number of nitrogens with zero attached hydrogens (tertiary/aromatic N) is 2. The molecule has 4 rings (SSSR count). The first-order chi connectivity index (χ1) is 14.1. The van der Waals surface area contributed by atoms with Gasteiger partial charge >= 0.3 is 0 Å². The lowest BCUT2D eigenvalue weighted by molar-refractivity contribution is 0.0480. The maximum atomic E-state index is 12.9. The number of methoxy groups -OCH3 is 2. The van der Waals surface area contributed by atoms with Crippen molar-refractivity contribution in [2.24, 2.45) is 5.16 Å². The Bertz CT molecular complexity index is 958. The van der Waals surface area contributed by atoms with Gasteiger partial charge in [0.1, 0.15) is 11.5 Å². The van der Waals surface area contributed by atoms with E-state index in [2.05, 4.69) is 5.16 Å². The van der Waals surface area contributed by atoms with Gasteiger partial charge in [0.25, 0.3) is 5.91 Å². The summed E-state index contributed by atoms with van der Waals surface area (Å²) in [6.45, 7) is 0.623. The number of benzene rings is 2. The predicted octanol–water partition coefficient (Wildman–Crippen LogP) is 2.70. The van der Waals surface area contributed by atoms with Crippen LogP contribution in [0.15, 0.2) is 41.6 Å². The van der Waals surface area contributed by atoms with E-state index < -0.39 is 0 Å². The molecule has 0 spiro atoms. The Kier molecular flexibility index (Phi) is 5.16. The van der Waals surface area contributed by atoms with E-state index in [-0.39, 0.29) is 18.8 Å². The van der Waals surface area contributed by atoms with Crippen LogP contribution in [0.5, 0.6) is 23.0 Å². The number of carbonyl (C=O) groups is 1. The molecule has 0 N–H and O–H groups in total. The molecule has 8 heteroatoms. The van der Waals surface area contributed by atoms with Gasteiger partial charge in [-0.3, -0.25) is 4.79 Å². The zero-order valence-corrected chi connectivity index (χ0v) is 16.5. The van der Waals surface area contributed by atoms with Gasteiger partial charge in [0.2, 0.25) is 6.79 Å². The van der Waals surface area contributed by atoms with Gasteiger partial charge in [0, 0.05) is 25.1 Å². The molecule has 1 amide bonds. The zero-order valence-electron chi connectivity index (χ0n) is 16.5. The summed E-state index contributed by atoms with van der Waals surface area (Å²) in [6.07, 6.45) is 0.366. The lowest BCUT2D eigenvalue weighted by atomic mass is 10.0. The van der Waals surface area contributed by atoms with Gasteiger partial charge in [-0.05, 0) is 30.3 Å². The van der Waals surface area contributed by atoms with Gasteiger partial charge in [-0.2, -0.15) is 0 Å². The molecule has 152 valence electrons. The fourth-order valence-corrected chi connectivity index (χ4v) is 3.34. The molecule has 2 aliphatic heterocycles. The Labute approximate surface area is 168 Å². The molecule has 0 saturated carbocycles. The van der Waals surface area contributed by atoms with Crippen molar-refractivity contribution in [3.8, 4) is 23.0 Å². The van der Waals surface area contributed by atoms with Crippen molar-refractivity contribution in [1.29, 1.82) is 0 Å². The van der Waals surface area contributed by atoms with Crippen molar-refractivity contribution in [2.75, 3.05) is 34.6 Å². The number of likely N-dealkylation sites (N-methyl/N-ethyl adjacent to an activating group) is 1. The van der Waals surface area contributed by atoms with Crippen LogP contribution in [0.1, 0.15) is 22.3 Å². The summed E-state index contributed by atoms with van der Waals surface area (Å²) < 4.78 is 21.3. The second-order valence-corrected chi connectivity index (χ2v) is 6.79. The summed E-state index contributed by atoms with van der Waals surface area (Å²) in [5.74, 6) is 2.36. The van der Waals surface area contributed by atoms with Gasteiger partial charge in [-0.1, -0.05) is 5.16 Å². The maximum absolute atomic E-state index is 12.9. The number of hydrogen-bond acceptors (Lipinski definition) is 7. The Morgan fingerprint density at radius 1 is 1.14 bits per heavy atom. The quantitative estimate of drug-likeness (QED) is 0.745. The molecule has 0 saturated heterocycles. The van der Waals surface area contributed by atoms with Crippen LogP contribution in [-0.2, 0) is 4.84 Å². The van der Waals surface area contributed by atoms with Crippen LogP contribution in [0.25, 0.3) is 0 Å². The molecule has 1 atom stereocenters. The van der Waals surface area contributed by atoms with E-state index in [9.17, 15) is 4.79 Å². The van der Waals surface area contributed by atoms with Crippen LogP contribution in [-0.4, -0.2) is 57.2 Å². The first kappa shape index (κ1) is 18.9. The summed E-state index contributed by atoms with van der Waals surface area (Å²) in [4.78, 5) is 20.0. The minimum atomic E-state index is -0.228. The van der Waals surface area contributed by atoms with Gasteiger partial charge in [0.15, 0.2) is 17.6 Å². The number of carbonyl (C=O) groups excluding carboxylic acids is 1. The first-order valence-corrected chi connectivity index (χ1v) is 9.19. The average molecular weight is 398 g/mol. The first-order valence-electron chi connectivity index (χ1n) is 9.19. The summed E-state index contributed by atoms with van der Waals surface area (Å²) in [5.41, 5.74) is 2.20. The SMILES string of the molecule is COc1ccc(C(=O)N(C)CC2CC(c3ccc4c(c3)OCO4)=NO2)c(OC)c1. The molecule has 0 bridgehead atoms. The zero-order chi connectivity index (χ0) is 20.4. The third kappa shape index (κ3) is 3.78.